The van der Waals surface area contributed by atoms with Crippen molar-refractivity contribution in [2.45, 2.75) is 12.8 Å². The summed E-state index contributed by atoms with van der Waals surface area (Å²) in [6.45, 7) is 2.57. The first-order valence-electron chi connectivity index (χ1n) is 7.42. The Morgan fingerprint density at radius 3 is 2.67 bits per heavy atom. The smallest absolute Gasteiger partial charge is 0.253 e. The molecule has 0 aromatic heterocycles. The van der Waals surface area contributed by atoms with Crippen LogP contribution < -0.4 is 21.3 Å². The van der Waals surface area contributed by atoms with Gasteiger partial charge in [-0.2, -0.15) is 0 Å². The van der Waals surface area contributed by atoms with Crippen LogP contribution in [0.2, 0.25) is 0 Å². The molecule has 4 N–H and O–H groups in total. The van der Waals surface area contributed by atoms with Crippen LogP contribution in [-0.2, 0) is 4.79 Å². The zero-order valence-electron chi connectivity index (χ0n) is 11.9. The number of nitrogens with one attached hydrogen (secondary N) is 4. The average Bonchev–Trinajstić information content (AvgIpc) is 3.35. The molecule has 21 heavy (non-hydrogen) atoms. The van der Waals surface area contributed by atoms with Crippen molar-refractivity contribution >= 4 is 23.2 Å². The highest BCUT2D eigenvalue weighted by Crippen LogP contribution is 2.29. The molecule has 3 rings (SSSR count). The van der Waals surface area contributed by atoms with Gasteiger partial charge in [-0.3, -0.25) is 9.59 Å². The molecule has 1 aliphatic heterocycles. The van der Waals surface area contributed by atoms with Gasteiger partial charge in [0.1, 0.15) is 0 Å². The summed E-state index contributed by atoms with van der Waals surface area (Å²) in [5.74, 6) is 0.188. The van der Waals surface area contributed by atoms with Crippen LogP contribution in [0.4, 0.5) is 11.4 Å². The number of rotatable bonds is 5. The number of carbonyl (C=O) groups excluding carboxylic acids is 2. The minimum atomic E-state index is -0.122. The van der Waals surface area contributed by atoms with Gasteiger partial charge in [0.05, 0.1) is 16.9 Å². The van der Waals surface area contributed by atoms with E-state index in [4.69, 9.17) is 0 Å². The Hall–Kier alpha value is -2.24. The first-order valence-corrected chi connectivity index (χ1v) is 7.42. The lowest BCUT2D eigenvalue weighted by Gasteiger charge is -2.22. The number of fused-ring (bicyclic) bond motifs is 1. The second-order valence-electron chi connectivity index (χ2n) is 5.40. The maximum Gasteiger partial charge on any atom is 0.253 e. The summed E-state index contributed by atoms with van der Waals surface area (Å²) in [6, 6.07) is 5.62. The maximum atomic E-state index is 12.2. The van der Waals surface area contributed by atoms with Crippen molar-refractivity contribution in [1.29, 1.82) is 0 Å². The summed E-state index contributed by atoms with van der Waals surface area (Å²) in [5, 5.41) is 12.2. The first-order chi connectivity index (χ1) is 10.3. The molecule has 6 heteroatoms. The zero-order chi connectivity index (χ0) is 14.7. The Kier molecular flexibility index (Phi) is 3.94. The first kappa shape index (κ1) is 13.7. The molecule has 0 saturated heterocycles. The monoisotopic (exact) mass is 288 g/mol. The number of hydrogen-bond donors (Lipinski definition) is 4. The van der Waals surface area contributed by atoms with Crippen molar-refractivity contribution in [2.24, 2.45) is 5.92 Å². The number of amides is 2. The van der Waals surface area contributed by atoms with Crippen LogP contribution in [0.3, 0.4) is 0 Å². The van der Waals surface area contributed by atoms with Crippen molar-refractivity contribution in [3.05, 3.63) is 23.8 Å². The summed E-state index contributed by atoms with van der Waals surface area (Å²) < 4.78 is 0. The Morgan fingerprint density at radius 1 is 1.10 bits per heavy atom. The number of anilines is 2. The van der Waals surface area contributed by atoms with E-state index in [0.717, 1.165) is 37.3 Å². The number of para-hydroxylation sites is 1. The second-order valence-corrected chi connectivity index (χ2v) is 5.40. The van der Waals surface area contributed by atoms with Crippen molar-refractivity contribution in [3.8, 4) is 0 Å². The molecule has 2 aliphatic rings. The van der Waals surface area contributed by atoms with Crippen LogP contribution in [0, 0.1) is 5.92 Å². The van der Waals surface area contributed by atoms with Gasteiger partial charge in [-0.15, -0.1) is 0 Å². The molecule has 1 saturated carbocycles. The average molecular weight is 288 g/mol. The fourth-order valence-corrected chi connectivity index (χ4v) is 2.41. The molecule has 1 aromatic carbocycles. The van der Waals surface area contributed by atoms with Crippen LogP contribution in [0.15, 0.2) is 18.2 Å². The van der Waals surface area contributed by atoms with Gasteiger partial charge in [-0.1, -0.05) is 6.07 Å². The van der Waals surface area contributed by atoms with Crippen molar-refractivity contribution < 1.29 is 9.59 Å². The van der Waals surface area contributed by atoms with E-state index in [9.17, 15) is 9.59 Å². The molecule has 0 atom stereocenters. The Bertz CT molecular complexity index is 555. The van der Waals surface area contributed by atoms with E-state index in [1.807, 2.05) is 12.1 Å². The van der Waals surface area contributed by atoms with Crippen molar-refractivity contribution in [1.82, 2.24) is 10.6 Å². The van der Waals surface area contributed by atoms with E-state index in [0.29, 0.717) is 18.7 Å². The minimum Gasteiger partial charge on any atom is -0.382 e. The molecule has 1 heterocycles. The molecule has 0 unspecified atom stereocenters. The topological polar surface area (TPSA) is 82.3 Å². The lowest BCUT2D eigenvalue weighted by atomic mass is 10.1. The highest BCUT2D eigenvalue weighted by Gasteiger charge is 2.29. The van der Waals surface area contributed by atoms with E-state index in [1.54, 1.807) is 6.07 Å². The normalized spacial score (nSPS) is 16.2. The Balaban J connectivity index is 1.52. The van der Waals surface area contributed by atoms with E-state index >= 15 is 0 Å². The largest absolute Gasteiger partial charge is 0.382 e. The van der Waals surface area contributed by atoms with Crippen molar-refractivity contribution in [3.63, 3.8) is 0 Å². The van der Waals surface area contributed by atoms with Crippen molar-refractivity contribution in [2.75, 3.05) is 36.8 Å². The fourth-order valence-electron chi connectivity index (χ4n) is 2.41. The van der Waals surface area contributed by atoms with Gasteiger partial charge in [-0.25, -0.2) is 0 Å². The van der Waals surface area contributed by atoms with Gasteiger partial charge < -0.3 is 21.3 Å². The van der Waals surface area contributed by atoms with Gasteiger partial charge >= 0.3 is 0 Å². The number of hydrogen-bond acceptors (Lipinski definition) is 4. The van der Waals surface area contributed by atoms with Gasteiger partial charge in [0.2, 0.25) is 5.91 Å². The molecular formula is C15H20N4O2. The van der Waals surface area contributed by atoms with Crippen LogP contribution >= 0.6 is 0 Å². The van der Waals surface area contributed by atoms with E-state index in [-0.39, 0.29) is 17.7 Å². The van der Waals surface area contributed by atoms with E-state index < -0.39 is 0 Å². The highest BCUT2D eigenvalue weighted by atomic mass is 16.2. The summed E-state index contributed by atoms with van der Waals surface area (Å²) in [5.41, 5.74) is 2.44. The molecule has 6 nitrogen and oxygen atoms in total. The molecular weight excluding hydrogens is 268 g/mol. The third-order valence-electron chi connectivity index (χ3n) is 3.71. The highest BCUT2D eigenvalue weighted by molar-refractivity contribution is 6.02. The zero-order valence-corrected chi connectivity index (χ0v) is 11.9. The SMILES string of the molecule is O=C(NCCNC(=O)C1CC1)c1cccc2c1NCCN2. The fraction of sp³-hybridized carbons (Fsp3) is 0.467. The molecule has 0 bridgehead atoms. The minimum absolute atomic E-state index is 0.104. The van der Waals surface area contributed by atoms with Gasteiger partial charge in [0, 0.05) is 32.1 Å². The van der Waals surface area contributed by atoms with Crippen LogP contribution in [-0.4, -0.2) is 38.0 Å². The molecule has 1 aliphatic carbocycles. The molecule has 1 aromatic rings. The summed E-state index contributed by atoms with van der Waals surface area (Å²) in [7, 11) is 0. The molecule has 2 amide bonds. The lowest BCUT2D eigenvalue weighted by Crippen LogP contribution is -2.35. The van der Waals surface area contributed by atoms with Crippen LogP contribution in [0.5, 0.6) is 0 Å². The third kappa shape index (κ3) is 3.26. The van der Waals surface area contributed by atoms with E-state index in [1.165, 1.54) is 0 Å². The lowest BCUT2D eigenvalue weighted by molar-refractivity contribution is -0.122. The Morgan fingerprint density at radius 2 is 1.86 bits per heavy atom. The molecule has 0 radical (unpaired) electrons. The summed E-state index contributed by atoms with van der Waals surface area (Å²) >= 11 is 0. The third-order valence-corrected chi connectivity index (χ3v) is 3.71. The van der Waals surface area contributed by atoms with Gasteiger partial charge in [0.25, 0.3) is 5.91 Å². The Labute approximate surface area is 123 Å². The van der Waals surface area contributed by atoms with Gasteiger partial charge in [0.15, 0.2) is 0 Å². The van der Waals surface area contributed by atoms with Crippen LogP contribution in [0.1, 0.15) is 23.2 Å². The predicted molar refractivity (Wildman–Crippen MR) is 81.5 cm³/mol. The summed E-state index contributed by atoms with van der Waals surface area (Å²) in [4.78, 5) is 23.7. The molecule has 0 spiro atoms. The maximum absolute atomic E-state index is 12.2. The van der Waals surface area contributed by atoms with E-state index in [2.05, 4.69) is 21.3 Å². The molecule has 112 valence electrons. The van der Waals surface area contributed by atoms with Gasteiger partial charge in [-0.05, 0) is 25.0 Å². The predicted octanol–water partition coefficient (Wildman–Crippen LogP) is 0.780. The second kappa shape index (κ2) is 6.03. The standard InChI is InChI=1S/C15H20N4O2/c20-14(10-4-5-10)18-8-9-19-15(21)11-2-1-3-12-13(11)17-7-6-16-12/h1-3,10,16-17H,4-9H2,(H,18,20)(H,19,21). The van der Waals surface area contributed by atoms with Crippen LogP contribution in [0.25, 0.3) is 0 Å². The molecule has 1 fully saturated rings. The summed E-state index contributed by atoms with van der Waals surface area (Å²) in [6.07, 6.45) is 1.99. The quantitative estimate of drug-likeness (QED) is 0.604. The number of carbonyl (C=O) groups is 2. The number of benzene rings is 1.